The van der Waals surface area contributed by atoms with E-state index >= 15 is 0 Å². The van der Waals surface area contributed by atoms with Gasteiger partial charge in [-0.25, -0.2) is 0 Å². The predicted molar refractivity (Wildman–Crippen MR) is 105 cm³/mol. The number of rotatable bonds is 10. The molecule has 1 heterocycles. The summed E-state index contributed by atoms with van der Waals surface area (Å²) in [6, 6.07) is 17.1. The number of nitrogens with one attached hydrogen (secondary N) is 1. The minimum Gasteiger partial charge on any atom is -0.491 e. The third kappa shape index (κ3) is 6.07. The van der Waals surface area contributed by atoms with Gasteiger partial charge < -0.3 is 24.4 Å². The second-order valence-corrected chi connectivity index (χ2v) is 6.67. The second-order valence-electron chi connectivity index (χ2n) is 6.67. The average Bonchev–Trinajstić information content (AvgIpc) is 3.20. The summed E-state index contributed by atoms with van der Waals surface area (Å²) in [6.45, 7) is 4.96. The number of hydrogen-bond acceptors (Lipinski definition) is 7. The summed E-state index contributed by atoms with van der Waals surface area (Å²) < 4.78 is 16.5. The highest BCUT2D eigenvalue weighted by Gasteiger charge is 2.09. The first-order valence-electron chi connectivity index (χ1n) is 9.25. The first kappa shape index (κ1) is 19.9. The van der Waals surface area contributed by atoms with E-state index in [-0.39, 0.29) is 13.2 Å². The number of aliphatic hydroxyl groups is 1. The molecule has 3 rings (SSSR count). The molecule has 0 aliphatic rings. The highest BCUT2D eigenvalue weighted by molar-refractivity contribution is 5.53. The number of benzene rings is 2. The summed E-state index contributed by atoms with van der Waals surface area (Å²) in [7, 11) is 0. The molecular weight excluding hydrogens is 358 g/mol. The van der Waals surface area contributed by atoms with E-state index in [1.165, 1.54) is 0 Å². The van der Waals surface area contributed by atoms with Gasteiger partial charge in [0.15, 0.2) is 6.61 Å². The smallest absolute Gasteiger partial charge is 0.264 e. The van der Waals surface area contributed by atoms with E-state index in [0.717, 1.165) is 5.56 Å². The lowest BCUT2D eigenvalue weighted by atomic mass is 10.2. The molecule has 0 saturated carbocycles. The molecule has 0 amide bonds. The minimum atomic E-state index is -0.560. The number of ether oxygens (including phenoxy) is 2. The van der Waals surface area contributed by atoms with E-state index in [1.807, 2.05) is 44.2 Å². The first-order chi connectivity index (χ1) is 13.6. The molecule has 28 heavy (non-hydrogen) atoms. The van der Waals surface area contributed by atoms with E-state index in [4.69, 9.17) is 14.0 Å². The third-order valence-corrected chi connectivity index (χ3v) is 3.89. The van der Waals surface area contributed by atoms with Gasteiger partial charge in [0.05, 0.1) is 0 Å². The Bertz CT molecular complexity index is 834. The predicted octanol–water partition coefficient (Wildman–Crippen LogP) is 3.05. The fraction of sp³-hybridized carbons (Fsp3) is 0.333. The summed E-state index contributed by atoms with van der Waals surface area (Å²) in [4.78, 5) is 4.33. The molecule has 7 nitrogen and oxygen atoms in total. The lowest BCUT2D eigenvalue weighted by Gasteiger charge is -2.15. The molecule has 0 spiro atoms. The lowest BCUT2D eigenvalue weighted by Crippen LogP contribution is -2.35. The van der Waals surface area contributed by atoms with Crippen LogP contribution in [-0.4, -0.2) is 40.5 Å². The van der Waals surface area contributed by atoms with Gasteiger partial charge in [-0.2, -0.15) is 4.98 Å². The average molecular weight is 383 g/mol. The van der Waals surface area contributed by atoms with Crippen molar-refractivity contribution in [2.75, 3.05) is 13.2 Å². The molecule has 148 valence electrons. The molecule has 7 heteroatoms. The van der Waals surface area contributed by atoms with Gasteiger partial charge in [0.2, 0.25) is 5.82 Å². The van der Waals surface area contributed by atoms with Crippen molar-refractivity contribution < 1.29 is 19.1 Å². The molecule has 3 aromatic rings. The standard InChI is InChI=1S/C21H25N3O4/c1-15(2)22-12-17(25)13-26-18-8-10-19(11-9-18)27-14-20-23-21(24-28-20)16-6-4-3-5-7-16/h3-11,15,17,22,25H,12-14H2,1-2H3. The van der Waals surface area contributed by atoms with Crippen LogP contribution < -0.4 is 14.8 Å². The molecule has 2 N–H and O–H groups in total. The van der Waals surface area contributed by atoms with Crippen LogP contribution in [0.25, 0.3) is 11.4 Å². The van der Waals surface area contributed by atoms with Crippen LogP contribution in [-0.2, 0) is 6.61 Å². The Morgan fingerprint density at radius 3 is 2.36 bits per heavy atom. The van der Waals surface area contributed by atoms with E-state index in [1.54, 1.807) is 24.3 Å². The molecule has 0 aliphatic heterocycles. The molecule has 0 fully saturated rings. The summed E-state index contributed by atoms with van der Waals surface area (Å²) in [5.74, 6) is 2.27. The molecule has 1 unspecified atom stereocenters. The minimum absolute atomic E-state index is 0.180. The largest absolute Gasteiger partial charge is 0.491 e. The van der Waals surface area contributed by atoms with Gasteiger partial charge >= 0.3 is 0 Å². The van der Waals surface area contributed by atoms with Crippen molar-refractivity contribution in [2.24, 2.45) is 0 Å². The summed E-state index contributed by atoms with van der Waals surface area (Å²) in [6.07, 6.45) is -0.560. The van der Waals surface area contributed by atoms with Crippen LogP contribution in [0.4, 0.5) is 0 Å². The normalized spacial score (nSPS) is 12.1. The highest BCUT2D eigenvalue weighted by atomic mass is 16.5. The van der Waals surface area contributed by atoms with Crippen molar-refractivity contribution in [1.29, 1.82) is 0 Å². The molecule has 0 saturated heterocycles. The molecule has 0 radical (unpaired) electrons. The van der Waals surface area contributed by atoms with Gasteiger partial charge in [-0.05, 0) is 24.3 Å². The fourth-order valence-corrected chi connectivity index (χ4v) is 2.42. The van der Waals surface area contributed by atoms with Crippen molar-refractivity contribution in [2.45, 2.75) is 32.6 Å². The Balaban J connectivity index is 1.45. The maximum Gasteiger partial charge on any atom is 0.264 e. The van der Waals surface area contributed by atoms with Gasteiger partial charge in [-0.3, -0.25) is 0 Å². The zero-order chi connectivity index (χ0) is 19.8. The summed E-state index contributed by atoms with van der Waals surface area (Å²) >= 11 is 0. The lowest BCUT2D eigenvalue weighted by molar-refractivity contribution is 0.104. The van der Waals surface area contributed by atoms with Crippen LogP contribution >= 0.6 is 0 Å². The molecule has 0 bridgehead atoms. The SMILES string of the molecule is CC(C)NCC(O)COc1ccc(OCc2nc(-c3ccccc3)no2)cc1. The first-order valence-corrected chi connectivity index (χ1v) is 9.25. The number of aromatic nitrogens is 2. The molecule has 2 aromatic carbocycles. The fourth-order valence-electron chi connectivity index (χ4n) is 2.42. The van der Waals surface area contributed by atoms with Crippen molar-refractivity contribution >= 4 is 0 Å². The Hall–Kier alpha value is -2.90. The molecule has 0 aliphatic carbocycles. The number of aliphatic hydroxyl groups excluding tert-OH is 1. The van der Waals surface area contributed by atoms with Crippen molar-refractivity contribution in [3.63, 3.8) is 0 Å². The quantitative estimate of drug-likeness (QED) is 0.556. The van der Waals surface area contributed by atoms with Crippen LogP contribution in [0.5, 0.6) is 11.5 Å². The van der Waals surface area contributed by atoms with E-state index in [2.05, 4.69) is 15.5 Å². The van der Waals surface area contributed by atoms with Crippen molar-refractivity contribution in [1.82, 2.24) is 15.5 Å². The Labute approximate surface area is 164 Å². The van der Waals surface area contributed by atoms with Gasteiger partial charge in [-0.15, -0.1) is 0 Å². The maximum atomic E-state index is 9.87. The molecule has 1 atom stereocenters. The van der Waals surface area contributed by atoms with E-state index in [9.17, 15) is 5.11 Å². The van der Waals surface area contributed by atoms with Crippen molar-refractivity contribution in [3.05, 3.63) is 60.5 Å². The van der Waals surface area contributed by atoms with Gasteiger partial charge in [-0.1, -0.05) is 49.3 Å². The Morgan fingerprint density at radius 1 is 1.00 bits per heavy atom. The van der Waals surface area contributed by atoms with E-state index in [0.29, 0.717) is 35.8 Å². The summed E-state index contributed by atoms with van der Waals surface area (Å²) in [5.41, 5.74) is 0.893. The zero-order valence-corrected chi connectivity index (χ0v) is 16.0. The molecular formula is C21H25N3O4. The highest BCUT2D eigenvalue weighted by Crippen LogP contribution is 2.20. The topological polar surface area (TPSA) is 89.6 Å². The van der Waals surface area contributed by atoms with E-state index < -0.39 is 6.10 Å². The van der Waals surface area contributed by atoms with Crippen LogP contribution in [0.15, 0.2) is 59.1 Å². The van der Waals surface area contributed by atoms with Crippen molar-refractivity contribution in [3.8, 4) is 22.9 Å². The summed E-state index contributed by atoms with van der Waals surface area (Å²) in [5, 5.41) is 17.0. The van der Waals surface area contributed by atoms with Gasteiger partial charge in [0, 0.05) is 18.2 Å². The molecule has 1 aromatic heterocycles. The Morgan fingerprint density at radius 2 is 1.68 bits per heavy atom. The van der Waals surface area contributed by atoms with Crippen LogP contribution in [0.2, 0.25) is 0 Å². The number of nitrogens with zero attached hydrogens (tertiary/aromatic N) is 2. The third-order valence-electron chi connectivity index (χ3n) is 3.89. The monoisotopic (exact) mass is 383 g/mol. The van der Waals surface area contributed by atoms with Gasteiger partial charge in [0.1, 0.15) is 24.2 Å². The van der Waals surface area contributed by atoms with Crippen LogP contribution in [0, 0.1) is 0 Å². The van der Waals surface area contributed by atoms with Gasteiger partial charge in [0.25, 0.3) is 5.89 Å². The number of hydrogen-bond donors (Lipinski definition) is 2. The van der Waals surface area contributed by atoms with Crippen LogP contribution in [0.3, 0.4) is 0 Å². The maximum absolute atomic E-state index is 9.87. The zero-order valence-electron chi connectivity index (χ0n) is 16.0. The Kier molecular flexibility index (Phi) is 7.00. The van der Waals surface area contributed by atoms with Crippen LogP contribution in [0.1, 0.15) is 19.7 Å². The second kappa shape index (κ2) is 9.87.